The number of halogens is 2. The molecule has 10 nitrogen and oxygen atoms in total. The summed E-state index contributed by atoms with van der Waals surface area (Å²) in [6.45, 7) is 1.39. The Balaban J connectivity index is 1.75. The molecule has 0 aliphatic carbocycles. The predicted octanol–water partition coefficient (Wildman–Crippen LogP) is 4.28. The molecule has 2 aromatic heterocycles. The topological polar surface area (TPSA) is 137 Å². The van der Waals surface area contributed by atoms with Crippen molar-refractivity contribution in [3.05, 3.63) is 54.0 Å². The Bertz CT molecular complexity index is 1530. The van der Waals surface area contributed by atoms with Gasteiger partial charge in [0.25, 0.3) is 11.8 Å². The van der Waals surface area contributed by atoms with Gasteiger partial charge in [-0.1, -0.05) is 6.07 Å². The van der Waals surface area contributed by atoms with E-state index in [-0.39, 0.29) is 31.4 Å². The third-order valence-electron chi connectivity index (χ3n) is 6.55. The van der Waals surface area contributed by atoms with Gasteiger partial charge in [0.15, 0.2) is 0 Å². The van der Waals surface area contributed by atoms with Crippen LogP contribution in [-0.2, 0) is 21.5 Å². The lowest BCUT2D eigenvalue weighted by Gasteiger charge is -2.26. The van der Waals surface area contributed by atoms with Crippen molar-refractivity contribution in [1.82, 2.24) is 14.8 Å². The molecule has 4 rings (SSSR count). The van der Waals surface area contributed by atoms with E-state index in [1.54, 1.807) is 66.4 Å². The zero-order chi connectivity index (χ0) is 28.4. The molecule has 1 saturated heterocycles. The summed E-state index contributed by atoms with van der Waals surface area (Å²) < 4.78 is 42.2. The Morgan fingerprint density at radius 1 is 1.26 bits per heavy atom. The largest absolute Gasteiger partial charge is 0.386 e. The molecule has 0 saturated carbocycles. The molecule has 3 aromatic rings. The van der Waals surface area contributed by atoms with E-state index in [1.165, 1.54) is 6.26 Å². The number of pyridine rings is 1. The van der Waals surface area contributed by atoms with Crippen LogP contribution >= 0.6 is 0 Å². The number of hydrogen-bond acceptors (Lipinski definition) is 7. The summed E-state index contributed by atoms with van der Waals surface area (Å²) in [5.41, 5.74) is 2.70. The number of rotatable bonds is 6. The number of aromatic nitrogens is 3. The van der Waals surface area contributed by atoms with E-state index >= 15 is 0 Å². The third kappa shape index (κ3) is 6.48. The van der Waals surface area contributed by atoms with Crippen molar-refractivity contribution in [2.45, 2.75) is 37.0 Å². The van der Waals surface area contributed by atoms with Crippen LogP contribution in [0.1, 0.15) is 35.2 Å². The van der Waals surface area contributed by atoms with Crippen LogP contribution in [0.2, 0.25) is 0 Å². The van der Waals surface area contributed by atoms with Crippen molar-refractivity contribution in [2.75, 3.05) is 36.2 Å². The van der Waals surface area contributed by atoms with E-state index in [0.717, 1.165) is 5.56 Å². The zero-order valence-electron chi connectivity index (χ0n) is 21.9. The van der Waals surface area contributed by atoms with Crippen LogP contribution in [0.15, 0.2) is 52.1 Å². The summed E-state index contributed by atoms with van der Waals surface area (Å²) in [5.74, 6) is -3.72. The van der Waals surface area contributed by atoms with Crippen molar-refractivity contribution < 1.29 is 23.5 Å². The minimum atomic E-state index is -2.77. The molecule has 0 spiro atoms. The van der Waals surface area contributed by atoms with Crippen LogP contribution in [0, 0.1) is 11.7 Å². The van der Waals surface area contributed by atoms with E-state index < -0.39 is 34.0 Å². The molecule has 13 heteroatoms. The number of nitrogens with one attached hydrogen (secondary N) is 2. The molecule has 3 heterocycles. The standard InChI is InChI=1S/C26H31F2N7O3S/c1-17-21(18-13-31-34(2)15-18)14-30-24(35-10-5-8-26(27,28)9-11-35)23(17)25(38)32-19-6-4-7-20(12-19)39(3,29)33-22(37)16-36/h4,6-7,12-15,29,36H,5,8-11,16H2,1-3H3,(H,32,38)/t39-/m0/s1. The first kappa shape index (κ1) is 28.3. The molecule has 0 bridgehead atoms. The van der Waals surface area contributed by atoms with Gasteiger partial charge in [0, 0.05) is 73.3 Å². The number of aliphatic hydroxyl groups excluding tert-OH is 1. The molecule has 1 aliphatic heterocycles. The van der Waals surface area contributed by atoms with Gasteiger partial charge in [-0.3, -0.25) is 19.1 Å². The van der Waals surface area contributed by atoms with Gasteiger partial charge in [-0.2, -0.15) is 9.46 Å². The van der Waals surface area contributed by atoms with Crippen molar-refractivity contribution in [3.63, 3.8) is 0 Å². The normalized spacial score (nSPS) is 16.7. The summed E-state index contributed by atoms with van der Waals surface area (Å²) in [7, 11) is -0.891. The number of nitrogens with zero attached hydrogens (tertiary/aromatic N) is 5. The van der Waals surface area contributed by atoms with Crippen LogP contribution in [-0.4, -0.2) is 63.6 Å². The monoisotopic (exact) mass is 559 g/mol. The van der Waals surface area contributed by atoms with E-state index in [1.807, 2.05) is 0 Å². The van der Waals surface area contributed by atoms with Gasteiger partial charge in [0.2, 0.25) is 5.92 Å². The molecule has 39 heavy (non-hydrogen) atoms. The van der Waals surface area contributed by atoms with E-state index in [2.05, 4.69) is 19.8 Å². The number of carbonyl (C=O) groups is 2. The first-order valence-corrected chi connectivity index (χ1v) is 14.3. The average Bonchev–Trinajstić information content (AvgIpc) is 3.22. The van der Waals surface area contributed by atoms with Gasteiger partial charge in [-0.25, -0.2) is 13.8 Å². The van der Waals surface area contributed by atoms with Gasteiger partial charge in [0.1, 0.15) is 12.4 Å². The average molecular weight is 560 g/mol. The molecule has 208 valence electrons. The molecule has 1 fully saturated rings. The number of aryl methyl sites for hydroxylation is 1. The van der Waals surface area contributed by atoms with Crippen LogP contribution in [0.25, 0.3) is 11.1 Å². The van der Waals surface area contributed by atoms with Gasteiger partial charge in [-0.05, 0) is 46.7 Å². The number of benzene rings is 1. The highest BCUT2D eigenvalue weighted by Crippen LogP contribution is 2.34. The molecule has 1 atom stereocenters. The molecule has 1 aromatic carbocycles. The summed E-state index contributed by atoms with van der Waals surface area (Å²) in [4.78, 5) is 32.2. The Morgan fingerprint density at radius 2 is 2.03 bits per heavy atom. The maximum absolute atomic E-state index is 14.1. The SMILES string of the molecule is Cc1c(-c2cnn(C)c2)cnc(N2CCCC(F)(F)CC2)c1C(=O)Nc1cccc([S@@](C)(=N)=NC(=O)CO)c1. The van der Waals surface area contributed by atoms with E-state index in [9.17, 15) is 18.4 Å². The smallest absolute Gasteiger partial charge is 0.278 e. The van der Waals surface area contributed by atoms with Crippen molar-refractivity contribution >= 4 is 32.9 Å². The minimum absolute atomic E-state index is 0.0579. The summed E-state index contributed by atoms with van der Waals surface area (Å²) in [6, 6.07) is 6.47. The number of hydrogen-bond donors (Lipinski definition) is 3. The molecular formula is C26H31F2N7O3S. The lowest BCUT2D eigenvalue weighted by molar-refractivity contribution is -0.120. The fraction of sp³-hybridized carbons (Fsp3) is 0.385. The fourth-order valence-electron chi connectivity index (χ4n) is 4.53. The number of alkyl halides is 2. The first-order chi connectivity index (χ1) is 18.4. The summed E-state index contributed by atoms with van der Waals surface area (Å²) in [5, 5.41) is 16.1. The predicted molar refractivity (Wildman–Crippen MR) is 145 cm³/mol. The quantitative estimate of drug-likeness (QED) is 0.413. The Labute approximate surface area is 225 Å². The lowest BCUT2D eigenvalue weighted by atomic mass is 9.99. The minimum Gasteiger partial charge on any atom is -0.386 e. The maximum atomic E-state index is 14.1. The number of amides is 2. The highest BCUT2D eigenvalue weighted by Gasteiger charge is 2.33. The molecule has 1 aliphatic rings. The summed E-state index contributed by atoms with van der Waals surface area (Å²) >= 11 is 0. The molecule has 0 unspecified atom stereocenters. The highest BCUT2D eigenvalue weighted by molar-refractivity contribution is 7.94. The second-order valence-corrected chi connectivity index (χ2v) is 12.0. The van der Waals surface area contributed by atoms with Crippen LogP contribution in [0.5, 0.6) is 0 Å². The van der Waals surface area contributed by atoms with Crippen molar-refractivity contribution in [3.8, 4) is 11.1 Å². The number of carbonyl (C=O) groups excluding carboxylic acids is 2. The van der Waals surface area contributed by atoms with Gasteiger partial charge in [-0.15, -0.1) is 0 Å². The summed E-state index contributed by atoms with van der Waals surface area (Å²) in [6.07, 6.45) is 6.30. The second-order valence-electron chi connectivity index (χ2n) is 9.60. The van der Waals surface area contributed by atoms with Gasteiger partial charge >= 0.3 is 0 Å². The van der Waals surface area contributed by atoms with Crippen LogP contribution in [0.3, 0.4) is 0 Å². The zero-order valence-corrected chi connectivity index (χ0v) is 22.8. The van der Waals surface area contributed by atoms with Gasteiger partial charge < -0.3 is 15.3 Å². The van der Waals surface area contributed by atoms with Crippen molar-refractivity contribution in [2.24, 2.45) is 11.4 Å². The highest BCUT2D eigenvalue weighted by atomic mass is 32.2. The van der Waals surface area contributed by atoms with Gasteiger partial charge in [0.05, 0.1) is 11.8 Å². The number of aliphatic hydroxyl groups is 1. The first-order valence-electron chi connectivity index (χ1n) is 12.3. The fourth-order valence-corrected chi connectivity index (χ4v) is 5.80. The molecule has 0 radical (unpaired) electrons. The molecule has 3 N–H and O–H groups in total. The van der Waals surface area contributed by atoms with Crippen LogP contribution in [0.4, 0.5) is 20.3 Å². The Hall–Kier alpha value is -3.71. The Morgan fingerprint density at radius 3 is 2.72 bits per heavy atom. The maximum Gasteiger partial charge on any atom is 0.278 e. The number of anilines is 2. The molecular weight excluding hydrogens is 528 g/mol. The third-order valence-corrected chi connectivity index (χ3v) is 8.29. The second kappa shape index (κ2) is 11.2. The van der Waals surface area contributed by atoms with Crippen molar-refractivity contribution in [1.29, 1.82) is 4.78 Å². The van der Waals surface area contributed by atoms with E-state index in [4.69, 9.17) is 9.89 Å². The molecule has 2 amide bonds. The Kier molecular flexibility index (Phi) is 8.12. The lowest BCUT2D eigenvalue weighted by Crippen LogP contribution is -2.30. The van der Waals surface area contributed by atoms with E-state index in [0.29, 0.717) is 34.1 Å². The van der Waals surface area contributed by atoms with Crippen LogP contribution < -0.4 is 10.2 Å².